The summed E-state index contributed by atoms with van der Waals surface area (Å²) in [5.74, 6) is 0.648. The molecule has 0 aliphatic carbocycles. The molecule has 162 valence electrons. The fourth-order valence-corrected chi connectivity index (χ4v) is 3.08. The number of fused-ring (bicyclic) bond motifs is 1. The van der Waals surface area contributed by atoms with Gasteiger partial charge in [-0.05, 0) is 30.7 Å². The first-order valence-corrected chi connectivity index (χ1v) is 10.0. The molecule has 0 unspecified atom stereocenters. The number of aromatic amines is 1. The Morgan fingerprint density at radius 1 is 1.00 bits per heavy atom. The van der Waals surface area contributed by atoms with E-state index in [4.69, 9.17) is 10.5 Å². The zero-order valence-corrected chi connectivity index (χ0v) is 17.1. The van der Waals surface area contributed by atoms with Crippen molar-refractivity contribution in [3.63, 3.8) is 0 Å². The van der Waals surface area contributed by atoms with E-state index in [9.17, 15) is 9.59 Å². The first-order chi connectivity index (χ1) is 15.6. The average molecular weight is 431 g/mol. The fraction of sp³-hybridized carbons (Fsp3) is 0.182. The number of hydrogen-bond acceptors (Lipinski definition) is 9. The van der Waals surface area contributed by atoms with Gasteiger partial charge >= 0.3 is 5.97 Å². The van der Waals surface area contributed by atoms with Gasteiger partial charge in [0, 0.05) is 18.5 Å². The predicted octanol–water partition coefficient (Wildman–Crippen LogP) is 2.50. The maximum Gasteiger partial charge on any atom is 0.306 e. The van der Waals surface area contributed by atoms with Gasteiger partial charge in [0.05, 0.1) is 10.9 Å². The SMILES string of the molecule is Nc1nc(COC(=O)CCCc2nc3ccccc3c(=O)[nH]2)nc(Nc2ccccc2)n1. The molecule has 10 heteroatoms. The number of nitrogens with two attached hydrogens (primary N) is 1. The lowest BCUT2D eigenvalue weighted by Crippen LogP contribution is -2.13. The summed E-state index contributed by atoms with van der Waals surface area (Å²) in [7, 11) is 0. The van der Waals surface area contributed by atoms with E-state index in [-0.39, 0.29) is 36.3 Å². The van der Waals surface area contributed by atoms with Gasteiger partial charge in [0.2, 0.25) is 11.9 Å². The van der Waals surface area contributed by atoms with Crippen LogP contribution in [0.15, 0.2) is 59.4 Å². The minimum atomic E-state index is -0.412. The zero-order chi connectivity index (χ0) is 22.3. The zero-order valence-electron chi connectivity index (χ0n) is 17.1. The molecule has 4 N–H and O–H groups in total. The summed E-state index contributed by atoms with van der Waals surface area (Å²) in [4.78, 5) is 43.7. The van der Waals surface area contributed by atoms with Crippen molar-refractivity contribution in [2.75, 3.05) is 11.1 Å². The van der Waals surface area contributed by atoms with E-state index in [2.05, 4.69) is 30.2 Å². The lowest BCUT2D eigenvalue weighted by Gasteiger charge is -2.08. The highest BCUT2D eigenvalue weighted by molar-refractivity contribution is 5.77. The standard InChI is InChI=1S/C22H21N7O3/c23-21-27-18(28-22(29-21)24-14-7-2-1-3-8-14)13-32-19(30)12-6-11-17-25-16-10-5-4-9-15(16)20(31)26-17/h1-5,7-10H,6,11-13H2,(H,25,26,31)(H3,23,24,27,28,29). The van der Waals surface area contributed by atoms with E-state index in [0.717, 1.165) is 5.69 Å². The summed E-state index contributed by atoms with van der Waals surface area (Å²) in [6, 6.07) is 16.5. The molecule has 4 aromatic rings. The van der Waals surface area contributed by atoms with E-state index < -0.39 is 5.97 Å². The topological polar surface area (TPSA) is 149 Å². The lowest BCUT2D eigenvalue weighted by atomic mass is 10.2. The average Bonchev–Trinajstić information content (AvgIpc) is 2.78. The second-order valence-corrected chi connectivity index (χ2v) is 6.97. The number of para-hydroxylation sites is 2. The summed E-state index contributed by atoms with van der Waals surface area (Å²) < 4.78 is 5.25. The van der Waals surface area contributed by atoms with Crippen LogP contribution in [0.5, 0.6) is 0 Å². The molecule has 0 fully saturated rings. The van der Waals surface area contributed by atoms with Gasteiger partial charge in [-0.25, -0.2) is 4.98 Å². The summed E-state index contributed by atoms with van der Waals surface area (Å²) in [6.45, 7) is -0.125. The van der Waals surface area contributed by atoms with Crippen molar-refractivity contribution in [3.8, 4) is 0 Å². The van der Waals surface area contributed by atoms with Crippen LogP contribution in [-0.4, -0.2) is 30.9 Å². The Morgan fingerprint density at radius 2 is 1.78 bits per heavy atom. The van der Waals surface area contributed by atoms with Gasteiger partial charge in [-0.15, -0.1) is 0 Å². The molecule has 4 rings (SSSR count). The quantitative estimate of drug-likeness (QED) is 0.358. The predicted molar refractivity (Wildman–Crippen MR) is 119 cm³/mol. The molecule has 2 aromatic carbocycles. The van der Waals surface area contributed by atoms with Crippen molar-refractivity contribution in [3.05, 3.63) is 76.6 Å². The van der Waals surface area contributed by atoms with Crippen LogP contribution < -0.4 is 16.6 Å². The monoisotopic (exact) mass is 431 g/mol. The van der Waals surface area contributed by atoms with Gasteiger partial charge < -0.3 is 20.8 Å². The van der Waals surface area contributed by atoms with E-state index >= 15 is 0 Å². The van der Waals surface area contributed by atoms with Crippen LogP contribution in [-0.2, 0) is 22.6 Å². The van der Waals surface area contributed by atoms with Crippen molar-refractivity contribution in [1.82, 2.24) is 24.9 Å². The number of aromatic nitrogens is 5. The number of carbonyl (C=O) groups excluding carboxylic acids is 1. The Labute approximate surface area is 182 Å². The van der Waals surface area contributed by atoms with E-state index in [1.165, 1.54) is 0 Å². The van der Waals surface area contributed by atoms with Crippen LogP contribution >= 0.6 is 0 Å². The number of aryl methyl sites for hydroxylation is 1. The van der Waals surface area contributed by atoms with E-state index in [0.29, 0.717) is 29.6 Å². The fourth-order valence-electron chi connectivity index (χ4n) is 3.08. The summed E-state index contributed by atoms with van der Waals surface area (Å²) in [5, 5.41) is 3.56. The maximum absolute atomic E-state index is 12.1. The Kier molecular flexibility index (Phi) is 6.30. The number of carbonyl (C=O) groups is 1. The number of esters is 1. The van der Waals surface area contributed by atoms with Crippen LogP contribution in [0.1, 0.15) is 24.5 Å². The van der Waals surface area contributed by atoms with Crippen molar-refractivity contribution in [2.45, 2.75) is 25.9 Å². The van der Waals surface area contributed by atoms with Crippen molar-refractivity contribution in [2.24, 2.45) is 0 Å². The number of anilines is 3. The lowest BCUT2D eigenvalue weighted by molar-refractivity contribution is -0.145. The molecule has 0 saturated carbocycles. The molecule has 2 heterocycles. The van der Waals surface area contributed by atoms with E-state index in [1.54, 1.807) is 18.2 Å². The van der Waals surface area contributed by atoms with Gasteiger partial charge in [-0.3, -0.25) is 9.59 Å². The Bertz CT molecular complexity index is 1290. The summed E-state index contributed by atoms with van der Waals surface area (Å²) in [6.07, 6.45) is 1.07. The molecule has 0 bridgehead atoms. The smallest absolute Gasteiger partial charge is 0.306 e. The van der Waals surface area contributed by atoms with Gasteiger partial charge in [0.25, 0.3) is 5.56 Å². The minimum Gasteiger partial charge on any atom is -0.457 e. The molecule has 0 atom stereocenters. The minimum absolute atomic E-state index is 0.0239. The van der Waals surface area contributed by atoms with E-state index in [1.807, 2.05) is 36.4 Å². The third-order valence-electron chi connectivity index (χ3n) is 4.55. The number of rotatable bonds is 8. The molecule has 0 radical (unpaired) electrons. The molecular weight excluding hydrogens is 410 g/mol. The van der Waals surface area contributed by atoms with Gasteiger partial charge in [0.15, 0.2) is 12.4 Å². The van der Waals surface area contributed by atoms with Crippen LogP contribution in [0, 0.1) is 0 Å². The second-order valence-electron chi connectivity index (χ2n) is 6.97. The van der Waals surface area contributed by atoms with Crippen LogP contribution in [0.4, 0.5) is 17.6 Å². The third kappa shape index (κ3) is 5.42. The highest BCUT2D eigenvalue weighted by Crippen LogP contribution is 2.13. The van der Waals surface area contributed by atoms with Crippen LogP contribution in [0.3, 0.4) is 0 Å². The Morgan fingerprint density at radius 3 is 2.62 bits per heavy atom. The number of H-pyrrole nitrogens is 1. The van der Waals surface area contributed by atoms with Gasteiger partial charge in [0.1, 0.15) is 5.82 Å². The first kappa shape index (κ1) is 20.9. The molecule has 0 spiro atoms. The highest BCUT2D eigenvalue weighted by atomic mass is 16.5. The highest BCUT2D eigenvalue weighted by Gasteiger charge is 2.10. The normalized spacial score (nSPS) is 10.8. The molecule has 0 amide bonds. The molecule has 2 aromatic heterocycles. The van der Waals surface area contributed by atoms with Crippen LogP contribution in [0.2, 0.25) is 0 Å². The summed E-state index contributed by atoms with van der Waals surface area (Å²) in [5.41, 5.74) is 6.96. The largest absolute Gasteiger partial charge is 0.457 e. The Hall–Kier alpha value is -4.34. The number of nitrogens with one attached hydrogen (secondary N) is 2. The number of nitrogens with zero attached hydrogens (tertiary/aromatic N) is 4. The second kappa shape index (κ2) is 9.65. The molecule has 32 heavy (non-hydrogen) atoms. The Balaban J connectivity index is 1.29. The summed E-state index contributed by atoms with van der Waals surface area (Å²) >= 11 is 0. The van der Waals surface area contributed by atoms with Gasteiger partial charge in [-0.1, -0.05) is 30.3 Å². The first-order valence-electron chi connectivity index (χ1n) is 10.0. The maximum atomic E-state index is 12.1. The third-order valence-corrected chi connectivity index (χ3v) is 4.55. The van der Waals surface area contributed by atoms with Crippen molar-refractivity contribution in [1.29, 1.82) is 0 Å². The number of benzene rings is 2. The van der Waals surface area contributed by atoms with Crippen molar-refractivity contribution < 1.29 is 9.53 Å². The van der Waals surface area contributed by atoms with Crippen molar-refractivity contribution >= 4 is 34.5 Å². The van der Waals surface area contributed by atoms with Gasteiger partial charge in [-0.2, -0.15) is 15.0 Å². The van der Waals surface area contributed by atoms with Crippen LogP contribution in [0.25, 0.3) is 10.9 Å². The number of hydrogen-bond donors (Lipinski definition) is 3. The molecule has 10 nitrogen and oxygen atoms in total. The molecular formula is C22H21N7O3. The number of nitrogen functional groups attached to an aromatic ring is 1. The number of ether oxygens (including phenoxy) is 1. The molecule has 0 aliphatic heterocycles. The molecule has 0 aliphatic rings. The molecule has 0 saturated heterocycles.